The maximum atomic E-state index is 5.80. The summed E-state index contributed by atoms with van der Waals surface area (Å²) in [5.41, 5.74) is 19.4. The van der Waals surface area contributed by atoms with E-state index in [0.717, 1.165) is 5.57 Å². The van der Waals surface area contributed by atoms with Crippen LogP contribution in [0.5, 0.6) is 0 Å². The minimum Gasteiger partial charge on any atom is -0.399 e. The fourth-order valence-electron chi connectivity index (χ4n) is 0.848. The smallest absolute Gasteiger partial charge is 0.0431 e. The van der Waals surface area contributed by atoms with Crippen molar-refractivity contribution in [2.24, 2.45) is 17.2 Å². The van der Waals surface area contributed by atoms with Gasteiger partial charge in [0, 0.05) is 23.0 Å². The van der Waals surface area contributed by atoms with Crippen molar-refractivity contribution in [1.82, 2.24) is 0 Å². The normalized spacial score (nSPS) is 15.1. The van der Waals surface area contributed by atoms with Crippen LogP contribution in [0.4, 0.5) is 0 Å². The Balaban J connectivity index is 5.06. The molecule has 6 N–H and O–H groups in total. The lowest BCUT2D eigenvalue weighted by atomic mass is 10.1. The van der Waals surface area contributed by atoms with Crippen LogP contribution >= 0.6 is 0 Å². The minimum absolute atomic E-state index is 0.0396. The molecule has 0 aromatic rings. The van der Waals surface area contributed by atoms with E-state index in [-0.39, 0.29) is 6.04 Å². The summed E-state index contributed by atoms with van der Waals surface area (Å²) in [5, 5.41) is 0. The Morgan fingerprint density at radius 2 is 1.79 bits per heavy atom. The zero-order valence-electron chi connectivity index (χ0n) is 8.88. The summed E-state index contributed by atoms with van der Waals surface area (Å²) in [4.78, 5) is 0. The molecular formula is C11H19N3. The molecule has 3 heteroatoms. The van der Waals surface area contributed by atoms with Gasteiger partial charge >= 0.3 is 0 Å². The highest BCUT2D eigenvalue weighted by Gasteiger charge is 2.02. The summed E-state index contributed by atoms with van der Waals surface area (Å²) in [7, 11) is 0. The third-order valence-electron chi connectivity index (χ3n) is 1.66. The molecule has 0 aromatic heterocycles. The minimum atomic E-state index is -0.0396. The predicted octanol–water partition coefficient (Wildman–Crippen LogP) is 1.15. The van der Waals surface area contributed by atoms with Gasteiger partial charge in [0.05, 0.1) is 0 Å². The molecule has 0 aliphatic heterocycles. The molecule has 3 nitrogen and oxygen atoms in total. The number of rotatable bonds is 4. The number of hydrogen-bond donors (Lipinski definition) is 3. The van der Waals surface area contributed by atoms with Crippen molar-refractivity contribution >= 4 is 0 Å². The monoisotopic (exact) mass is 193 g/mol. The van der Waals surface area contributed by atoms with Crippen molar-refractivity contribution in [2.75, 3.05) is 0 Å². The molecule has 78 valence electrons. The van der Waals surface area contributed by atoms with E-state index in [9.17, 15) is 0 Å². The van der Waals surface area contributed by atoms with E-state index in [4.69, 9.17) is 17.2 Å². The Bertz CT molecular complexity index is 296. The zero-order chi connectivity index (χ0) is 11.3. The molecule has 0 saturated carbocycles. The summed E-state index contributed by atoms with van der Waals surface area (Å²) in [5.74, 6) is 0. The Labute approximate surface area is 85.6 Å². The molecule has 0 aliphatic carbocycles. The van der Waals surface area contributed by atoms with Crippen LogP contribution in [0.25, 0.3) is 0 Å². The number of nitrogens with two attached hydrogens (primary N) is 3. The van der Waals surface area contributed by atoms with Crippen LogP contribution in [0.3, 0.4) is 0 Å². The van der Waals surface area contributed by atoms with Crippen molar-refractivity contribution in [1.29, 1.82) is 0 Å². The van der Waals surface area contributed by atoms with Crippen molar-refractivity contribution in [2.45, 2.75) is 19.9 Å². The van der Waals surface area contributed by atoms with E-state index in [1.807, 2.05) is 19.9 Å². The zero-order valence-corrected chi connectivity index (χ0v) is 8.88. The second-order valence-corrected chi connectivity index (χ2v) is 3.35. The van der Waals surface area contributed by atoms with Crippen molar-refractivity contribution in [3.05, 3.63) is 47.9 Å². The number of hydrogen-bond acceptors (Lipinski definition) is 3. The molecule has 0 fully saturated rings. The first kappa shape index (κ1) is 12.5. The standard InChI is InChI=1S/C11H19N3/c1-7(2)11(14)10(9(4)13)6-5-8(3)12/h5-6,8H,1,4,12-14H2,2-3H3/b6-5-,11-10-/t8-/m1/s1. The second-order valence-electron chi connectivity index (χ2n) is 3.35. The lowest BCUT2D eigenvalue weighted by Gasteiger charge is -2.08. The summed E-state index contributed by atoms with van der Waals surface area (Å²) in [6.07, 6.45) is 3.58. The first-order valence-corrected chi connectivity index (χ1v) is 4.40. The molecule has 0 saturated heterocycles. The SMILES string of the molecule is C=C(C)/C(N)=C(\C=C/[C@@H](C)N)C(=C)N. The Kier molecular flexibility index (Phi) is 4.73. The maximum absolute atomic E-state index is 5.80. The summed E-state index contributed by atoms with van der Waals surface area (Å²) in [6.45, 7) is 11.1. The highest BCUT2D eigenvalue weighted by Crippen LogP contribution is 2.13. The van der Waals surface area contributed by atoms with E-state index in [1.165, 1.54) is 0 Å². The molecule has 1 atom stereocenters. The van der Waals surface area contributed by atoms with Crippen molar-refractivity contribution in [3.63, 3.8) is 0 Å². The van der Waals surface area contributed by atoms with Gasteiger partial charge in [-0.2, -0.15) is 0 Å². The van der Waals surface area contributed by atoms with Crippen LogP contribution in [0, 0.1) is 0 Å². The highest BCUT2D eigenvalue weighted by atomic mass is 14.6. The molecule has 0 rings (SSSR count). The van der Waals surface area contributed by atoms with Gasteiger partial charge in [0.15, 0.2) is 0 Å². The molecular weight excluding hydrogens is 174 g/mol. The molecule has 0 radical (unpaired) electrons. The van der Waals surface area contributed by atoms with Crippen LogP contribution in [0.15, 0.2) is 47.9 Å². The van der Waals surface area contributed by atoms with Gasteiger partial charge in [0.25, 0.3) is 0 Å². The van der Waals surface area contributed by atoms with E-state index in [2.05, 4.69) is 13.2 Å². The molecule has 0 bridgehead atoms. The van der Waals surface area contributed by atoms with Crippen molar-refractivity contribution < 1.29 is 0 Å². The van der Waals surface area contributed by atoms with Crippen LogP contribution in [0.1, 0.15) is 13.8 Å². The first-order chi connectivity index (χ1) is 6.36. The quantitative estimate of drug-likeness (QED) is 0.586. The second kappa shape index (κ2) is 5.29. The van der Waals surface area contributed by atoms with Crippen LogP contribution in [-0.2, 0) is 0 Å². The highest BCUT2D eigenvalue weighted by molar-refractivity contribution is 5.45. The molecule has 0 aliphatic rings. The molecule has 0 amide bonds. The fraction of sp³-hybridized carbons (Fsp3) is 0.273. The maximum Gasteiger partial charge on any atom is 0.0431 e. The molecule has 14 heavy (non-hydrogen) atoms. The van der Waals surface area contributed by atoms with Crippen LogP contribution in [-0.4, -0.2) is 6.04 Å². The topological polar surface area (TPSA) is 78.1 Å². The van der Waals surface area contributed by atoms with Gasteiger partial charge < -0.3 is 17.2 Å². The van der Waals surface area contributed by atoms with Gasteiger partial charge in [-0.3, -0.25) is 0 Å². The molecule has 0 aromatic carbocycles. The van der Waals surface area contributed by atoms with Crippen LogP contribution in [0.2, 0.25) is 0 Å². The third kappa shape index (κ3) is 3.96. The average Bonchev–Trinajstić information content (AvgIpc) is 2.02. The average molecular weight is 193 g/mol. The lowest BCUT2D eigenvalue weighted by molar-refractivity contribution is 0.924. The summed E-state index contributed by atoms with van der Waals surface area (Å²) in [6, 6.07) is -0.0396. The molecule has 0 unspecified atom stereocenters. The molecule has 0 spiro atoms. The largest absolute Gasteiger partial charge is 0.399 e. The van der Waals surface area contributed by atoms with Gasteiger partial charge in [-0.1, -0.05) is 25.3 Å². The van der Waals surface area contributed by atoms with Gasteiger partial charge in [0.2, 0.25) is 0 Å². The van der Waals surface area contributed by atoms with Gasteiger partial charge in [-0.25, -0.2) is 0 Å². The van der Waals surface area contributed by atoms with Gasteiger partial charge in [-0.15, -0.1) is 0 Å². The predicted molar refractivity (Wildman–Crippen MR) is 62.1 cm³/mol. The first-order valence-electron chi connectivity index (χ1n) is 4.40. The van der Waals surface area contributed by atoms with Crippen LogP contribution < -0.4 is 17.2 Å². The molecule has 0 heterocycles. The Morgan fingerprint density at radius 1 is 1.29 bits per heavy atom. The van der Waals surface area contributed by atoms with Gasteiger partial charge in [-0.05, 0) is 19.4 Å². The van der Waals surface area contributed by atoms with E-state index >= 15 is 0 Å². The van der Waals surface area contributed by atoms with E-state index in [0.29, 0.717) is 17.0 Å². The third-order valence-corrected chi connectivity index (χ3v) is 1.66. The van der Waals surface area contributed by atoms with Gasteiger partial charge in [0.1, 0.15) is 0 Å². The summed E-state index contributed by atoms with van der Waals surface area (Å²) < 4.78 is 0. The number of allylic oxidation sites excluding steroid dienone is 2. The summed E-state index contributed by atoms with van der Waals surface area (Å²) >= 11 is 0. The van der Waals surface area contributed by atoms with Crippen molar-refractivity contribution in [3.8, 4) is 0 Å². The Morgan fingerprint density at radius 3 is 2.07 bits per heavy atom. The fourth-order valence-corrected chi connectivity index (χ4v) is 0.848. The van der Waals surface area contributed by atoms with E-state index in [1.54, 1.807) is 6.08 Å². The van der Waals surface area contributed by atoms with E-state index < -0.39 is 0 Å². The lowest BCUT2D eigenvalue weighted by Crippen LogP contribution is -2.12. The Hall–Kier alpha value is -1.48.